The standard InChI is InChI=1S/C13H21F3N2O2/c1-20-11-7-17-6-10(11)18-12(19)8-4-2-3-5-9(8)13(14,15)16/h8-11,17H,2-7H2,1H3,(H,18,19)/t8?,9?,10?,11-/m0/s1. The number of carbonyl (C=O) groups excluding carboxylic acids is 1. The third kappa shape index (κ3) is 3.44. The van der Waals surface area contributed by atoms with Gasteiger partial charge in [-0.2, -0.15) is 13.2 Å². The van der Waals surface area contributed by atoms with Crippen LogP contribution in [0.15, 0.2) is 0 Å². The van der Waals surface area contributed by atoms with E-state index in [9.17, 15) is 18.0 Å². The van der Waals surface area contributed by atoms with E-state index in [1.54, 1.807) is 0 Å². The summed E-state index contributed by atoms with van der Waals surface area (Å²) in [5, 5.41) is 5.79. The first-order chi connectivity index (χ1) is 9.43. The summed E-state index contributed by atoms with van der Waals surface area (Å²) < 4.78 is 44.2. The zero-order valence-corrected chi connectivity index (χ0v) is 11.5. The van der Waals surface area contributed by atoms with E-state index in [1.807, 2.05) is 0 Å². The van der Waals surface area contributed by atoms with Crippen molar-refractivity contribution in [1.29, 1.82) is 0 Å². The first-order valence-electron chi connectivity index (χ1n) is 7.04. The lowest BCUT2D eigenvalue weighted by molar-refractivity contribution is -0.198. The van der Waals surface area contributed by atoms with Gasteiger partial charge in [-0.1, -0.05) is 12.8 Å². The summed E-state index contributed by atoms with van der Waals surface area (Å²) in [6.07, 6.45) is -2.88. The molecule has 2 rings (SSSR count). The number of hydrogen-bond acceptors (Lipinski definition) is 3. The maximum absolute atomic E-state index is 13.0. The Morgan fingerprint density at radius 3 is 2.60 bits per heavy atom. The molecular formula is C13H21F3N2O2. The van der Waals surface area contributed by atoms with Crippen LogP contribution in [0.5, 0.6) is 0 Å². The Morgan fingerprint density at radius 1 is 1.25 bits per heavy atom. The van der Waals surface area contributed by atoms with Crippen LogP contribution in [0.25, 0.3) is 0 Å². The number of rotatable bonds is 3. The van der Waals surface area contributed by atoms with Gasteiger partial charge >= 0.3 is 6.18 Å². The maximum atomic E-state index is 13.0. The van der Waals surface area contributed by atoms with E-state index in [-0.39, 0.29) is 18.6 Å². The summed E-state index contributed by atoms with van der Waals surface area (Å²) in [5.41, 5.74) is 0. The number of alkyl halides is 3. The van der Waals surface area contributed by atoms with Crippen LogP contribution < -0.4 is 10.6 Å². The van der Waals surface area contributed by atoms with Gasteiger partial charge in [0.1, 0.15) is 0 Å². The second-order valence-corrected chi connectivity index (χ2v) is 5.59. The number of carbonyl (C=O) groups is 1. The zero-order valence-electron chi connectivity index (χ0n) is 11.5. The largest absolute Gasteiger partial charge is 0.392 e. The molecule has 1 aliphatic heterocycles. The Kier molecular flexibility index (Phi) is 4.90. The van der Waals surface area contributed by atoms with Crippen molar-refractivity contribution < 1.29 is 22.7 Å². The van der Waals surface area contributed by atoms with Gasteiger partial charge in [-0.25, -0.2) is 0 Å². The average molecular weight is 294 g/mol. The van der Waals surface area contributed by atoms with Crippen LogP contribution in [0, 0.1) is 11.8 Å². The topological polar surface area (TPSA) is 50.4 Å². The third-order valence-corrected chi connectivity index (χ3v) is 4.31. The molecule has 3 unspecified atom stereocenters. The molecule has 0 radical (unpaired) electrons. The van der Waals surface area contributed by atoms with Crippen LogP contribution in [0.2, 0.25) is 0 Å². The molecule has 4 nitrogen and oxygen atoms in total. The van der Waals surface area contributed by atoms with Crippen LogP contribution >= 0.6 is 0 Å². The second-order valence-electron chi connectivity index (χ2n) is 5.59. The molecule has 0 aromatic heterocycles. The van der Waals surface area contributed by atoms with Crippen molar-refractivity contribution in [3.8, 4) is 0 Å². The third-order valence-electron chi connectivity index (χ3n) is 4.31. The molecule has 1 saturated carbocycles. The van der Waals surface area contributed by atoms with Gasteiger partial charge in [0.15, 0.2) is 0 Å². The number of hydrogen-bond donors (Lipinski definition) is 2. The minimum atomic E-state index is -4.29. The summed E-state index contributed by atoms with van der Waals surface area (Å²) in [7, 11) is 1.54. The number of halogens is 3. The molecule has 4 atom stereocenters. The van der Waals surface area contributed by atoms with Crippen molar-refractivity contribution in [2.24, 2.45) is 11.8 Å². The van der Waals surface area contributed by atoms with E-state index in [2.05, 4.69) is 10.6 Å². The van der Waals surface area contributed by atoms with Crippen LogP contribution in [-0.4, -0.2) is 44.4 Å². The van der Waals surface area contributed by atoms with E-state index < -0.39 is 23.9 Å². The highest BCUT2D eigenvalue weighted by Crippen LogP contribution is 2.41. The highest BCUT2D eigenvalue weighted by molar-refractivity contribution is 5.79. The minimum absolute atomic E-state index is 0.0538. The zero-order chi connectivity index (χ0) is 14.8. The van der Waals surface area contributed by atoms with Gasteiger partial charge in [0.05, 0.1) is 18.1 Å². The molecule has 1 amide bonds. The molecule has 20 heavy (non-hydrogen) atoms. The lowest BCUT2D eigenvalue weighted by Gasteiger charge is -2.33. The number of methoxy groups -OCH3 is 1. The van der Waals surface area contributed by atoms with Crippen molar-refractivity contribution in [3.63, 3.8) is 0 Å². The van der Waals surface area contributed by atoms with Gasteiger partial charge in [0.2, 0.25) is 5.91 Å². The molecule has 2 aliphatic rings. The molecular weight excluding hydrogens is 273 g/mol. The minimum Gasteiger partial charge on any atom is -0.378 e. The van der Waals surface area contributed by atoms with E-state index >= 15 is 0 Å². The van der Waals surface area contributed by atoms with Crippen molar-refractivity contribution in [2.45, 2.75) is 44.0 Å². The summed E-state index contributed by atoms with van der Waals surface area (Å²) >= 11 is 0. The van der Waals surface area contributed by atoms with Gasteiger partial charge < -0.3 is 15.4 Å². The molecule has 0 spiro atoms. The molecule has 2 fully saturated rings. The van der Waals surface area contributed by atoms with E-state index in [1.165, 1.54) is 7.11 Å². The first kappa shape index (κ1) is 15.6. The fraction of sp³-hybridized carbons (Fsp3) is 0.923. The van der Waals surface area contributed by atoms with Crippen LogP contribution in [-0.2, 0) is 9.53 Å². The van der Waals surface area contributed by atoms with Crippen molar-refractivity contribution in [2.75, 3.05) is 20.2 Å². The molecule has 2 N–H and O–H groups in total. The highest BCUT2D eigenvalue weighted by Gasteiger charge is 2.48. The van der Waals surface area contributed by atoms with Crippen molar-refractivity contribution in [1.82, 2.24) is 10.6 Å². The van der Waals surface area contributed by atoms with Gasteiger partial charge in [0, 0.05) is 26.1 Å². The maximum Gasteiger partial charge on any atom is 0.392 e. The Morgan fingerprint density at radius 2 is 1.95 bits per heavy atom. The van der Waals surface area contributed by atoms with Gasteiger partial charge in [-0.05, 0) is 12.8 Å². The van der Waals surface area contributed by atoms with Crippen LogP contribution in [0.3, 0.4) is 0 Å². The molecule has 1 heterocycles. The van der Waals surface area contributed by atoms with E-state index in [0.29, 0.717) is 32.4 Å². The summed E-state index contributed by atoms with van der Waals surface area (Å²) in [4.78, 5) is 12.2. The quantitative estimate of drug-likeness (QED) is 0.828. The molecule has 1 aliphatic carbocycles. The fourth-order valence-electron chi connectivity index (χ4n) is 3.17. The summed E-state index contributed by atoms with van der Waals surface area (Å²) in [6.45, 7) is 1.14. The fourth-order valence-corrected chi connectivity index (χ4v) is 3.17. The molecule has 1 saturated heterocycles. The number of amides is 1. The normalized spacial score (nSPS) is 35.0. The highest BCUT2D eigenvalue weighted by atomic mass is 19.4. The molecule has 0 aromatic carbocycles. The first-order valence-corrected chi connectivity index (χ1v) is 7.04. The van der Waals surface area contributed by atoms with E-state index in [0.717, 1.165) is 0 Å². The Bertz CT molecular complexity index is 349. The predicted molar refractivity (Wildman–Crippen MR) is 67.1 cm³/mol. The van der Waals surface area contributed by atoms with E-state index in [4.69, 9.17) is 4.74 Å². The van der Waals surface area contributed by atoms with Gasteiger partial charge in [-0.3, -0.25) is 4.79 Å². The average Bonchev–Trinajstić information content (AvgIpc) is 2.85. The summed E-state index contributed by atoms with van der Waals surface area (Å²) in [6, 6.07) is -0.247. The number of ether oxygens (including phenoxy) is 1. The van der Waals surface area contributed by atoms with Gasteiger partial charge in [-0.15, -0.1) is 0 Å². The lowest BCUT2D eigenvalue weighted by atomic mass is 9.78. The Labute approximate surface area is 116 Å². The Balaban J connectivity index is 1.99. The van der Waals surface area contributed by atoms with Crippen LogP contribution in [0.1, 0.15) is 25.7 Å². The van der Waals surface area contributed by atoms with Crippen LogP contribution in [0.4, 0.5) is 13.2 Å². The molecule has 0 bridgehead atoms. The van der Waals surface area contributed by atoms with Gasteiger partial charge in [0.25, 0.3) is 0 Å². The summed E-state index contributed by atoms with van der Waals surface area (Å²) in [5.74, 6) is -2.95. The lowest BCUT2D eigenvalue weighted by Crippen LogP contribution is -2.49. The molecule has 0 aromatic rings. The Hall–Kier alpha value is -0.820. The van der Waals surface area contributed by atoms with Crippen molar-refractivity contribution in [3.05, 3.63) is 0 Å². The number of nitrogens with one attached hydrogen (secondary N) is 2. The molecule has 116 valence electrons. The smallest absolute Gasteiger partial charge is 0.378 e. The monoisotopic (exact) mass is 294 g/mol. The predicted octanol–water partition coefficient (Wildman–Crippen LogP) is 1.46. The second kappa shape index (κ2) is 6.30. The SMILES string of the molecule is CO[C@H]1CNCC1NC(=O)C1CCCCC1C(F)(F)F. The molecule has 7 heteroatoms. The van der Waals surface area contributed by atoms with Crippen molar-refractivity contribution >= 4 is 5.91 Å².